The molecule has 2 N–H and O–H groups in total. The van der Waals surface area contributed by atoms with Crippen molar-refractivity contribution in [3.8, 4) is 0 Å². The summed E-state index contributed by atoms with van der Waals surface area (Å²) >= 11 is 5.59. The van der Waals surface area contributed by atoms with Crippen molar-refractivity contribution in [2.75, 3.05) is 19.0 Å². The van der Waals surface area contributed by atoms with E-state index < -0.39 is 45.7 Å². The van der Waals surface area contributed by atoms with E-state index in [1.54, 1.807) is 0 Å². The topological polar surface area (TPSA) is 102 Å². The minimum atomic E-state index is -3.91. The van der Waals surface area contributed by atoms with Crippen LogP contribution in [0.1, 0.15) is 10.4 Å². The number of carbonyl (C=O) groups excluding carboxylic acids is 2. The number of nitrogens with one attached hydrogen (secondary N) is 2. The Kier molecular flexibility index (Phi) is 6.47. The van der Waals surface area contributed by atoms with Gasteiger partial charge < -0.3 is 10.1 Å². The SMILES string of the molecule is CNS(=O)(=O)c1ccc(F)c(C(=O)OCC(=O)Nc2ccc(Cl)cc2F)c1. The average Bonchev–Trinajstić information content (AvgIpc) is 2.62. The predicted octanol–water partition coefficient (Wildman–Crippen LogP) is 2.32. The maximum absolute atomic E-state index is 13.8. The molecule has 0 saturated heterocycles. The normalized spacial score (nSPS) is 11.1. The van der Waals surface area contributed by atoms with E-state index in [2.05, 4.69) is 10.1 Å². The lowest BCUT2D eigenvalue weighted by Crippen LogP contribution is -2.22. The number of rotatable bonds is 6. The first-order valence-corrected chi connectivity index (χ1v) is 9.15. The van der Waals surface area contributed by atoms with Gasteiger partial charge in [-0.3, -0.25) is 4.79 Å². The van der Waals surface area contributed by atoms with Gasteiger partial charge in [0.05, 0.1) is 16.1 Å². The van der Waals surface area contributed by atoms with Crippen LogP contribution in [0.2, 0.25) is 5.02 Å². The van der Waals surface area contributed by atoms with Crippen LogP contribution in [0.3, 0.4) is 0 Å². The summed E-state index contributed by atoms with van der Waals surface area (Å²) in [4.78, 5) is 23.4. The quantitative estimate of drug-likeness (QED) is 0.701. The van der Waals surface area contributed by atoms with Crippen molar-refractivity contribution < 1.29 is 31.5 Å². The van der Waals surface area contributed by atoms with Crippen LogP contribution in [0.25, 0.3) is 0 Å². The fourth-order valence-corrected chi connectivity index (χ4v) is 2.85. The lowest BCUT2D eigenvalue weighted by molar-refractivity contribution is -0.119. The fraction of sp³-hybridized carbons (Fsp3) is 0.125. The van der Waals surface area contributed by atoms with Crippen LogP contribution in [0.5, 0.6) is 0 Å². The van der Waals surface area contributed by atoms with Gasteiger partial charge in [0.2, 0.25) is 10.0 Å². The number of hydrogen-bond donors (Lipinski definition) is 2. The molecule has 0 heterocycles. The molecule has 0 fully saturated rings. The van der Waals surface area contributed by atoms with E-state index in [0.29, 0.717) is 0 Å². The largest absolute Gasteiger partial charge is 0.452 e. The van der Waals surface area contributed by atoms with Gasteiger partial charge in [0.1, 0.15) is 11.6 Å². The Bertz CT molecular complexity index is 998. The van der Waals surface area contributed by atoms with Crippen LogP contribution >= 0.6 is 11.6 Å². The molecule has 0 spiro atoms. The molecule has 2 rings (SSSR count). The number of carbonyl (C=O) groups is 2. The first-order chi connectivity index (χ1) is 12.6. The van der Waals surface area contributed by atoms with E-state index in [4.69, 9.17) is 11.6 Å². The first kappa shape index (κ1) is 20.7. The summed E-state index contributed by atoms with van der Waals surface area (Å²) in [6.07, 6.45) is 0. The van der Waals surface area contributed by atoms with Gasteiger partial charge in [0.15, 0.2) is 6.61 Å². The van der Waals surface area contributed by atoms with Crippen LogP contribution in [0, 0.1) is 11.6 Å². The summed E-state index contributed by atoms with van der Waals surface area (Å²) in [5, 5.41) is 2.28. The minimum absolute atomic E-state index is 0.129. The summed E-state index contributed by atoms with van der Waals surface area (Å²) in [5.74, 6) is -3.96. The van der Waals surface area contributed by atoms with E-state index in [1.807, 2.05) is 4.72 Å². The zero-order chi connectivity index (χ0) is 20.2. The standard InChI is InChI=1S/C16H13ClF2N2O5S/c1-20-27(24,25)10-3-4-12(18)11(7-10)16(23)26-8-15(22)21-14-5-2-9(17)6-13(14)19/h2-7,20H,8H2,1H3,(H,21,22). The molecule has 0 atom stereocenters. The smallest absolute Gasteiger partial charge is 0.341 e. The van der Waals surface area contributed by atoms with Crippen molar-refractivity contribution in [1.29, 1.82) is 0 Å². The van der Waals surface area contributed by atoms with Gasteiger partial charge in [-0.25, -0.2) is 26.7 Å². The third-order valence-corrected chi connectivity index (χ3v) is 4.92. The maximum atomic E-state index is 13.8. The second kappa shape index (κ2) is 8.42. The molecule has 0 radical (unpaired) electrons. The molecule has 0 aliphatic rings. The summed E-state index contributed by atoms with van der Waals surface area (Å²) in [6.45, 7) is -0.844. The average molecular weight is 419 g/mol. The monoisotopic (exact) mass is 418 g/mol. The molecule has 7 nitrogen and oxygen atoms in total. The molecule has 0 aliphatic carbocycles. The van der Waals surface area contributed by atoms with Gasteiger partial charge >= 0.3 is 5.97 Å². The Morgan fingerprint density at radius 1 is 1.11 bits per heavy atom. The van der Waals surface area contributed by atoms with Gasteiger partial charge in [-0.05, 0) is 43.4 Å². The highest BCUT2D eigenvalue weighted by Crippen LogP contribution is 2.19. The summed E-state index contributed by atoms with van der Waals surface area (Å²) < 4.78 is 57.5. The van der Waals surface area contributed by atoms with E-state index in [0.717, 1.165) is 31.3 Å². The Labute approximate surface area is 158 Å². The van der Waals surface area contributed by atoms with Crippen LogP contribution in [-0.2, 0) is 19.6 Å². The number of hydrogen-bond acceptors (Lipinski definition) is 5. The highest BCUT2D eigenvalue weighted by Gasteiger charge is 2.20. The zero-order valence-electron chi connectivity index (χ0n) is 13.8. The van der Waals surface area contributed by atoms with Gasteiger partial charge in [-0.15, -0.1) is 0 Å². The zero-order valence-corrected chi connectivity index (χ0v) is 15.3. The Balaban J connectivity index is 2.07. The lowest BCUT2D eigenvalue weighted by atomic mass is 10.2. The van der Waals surface area contributed by atoms with Crippen molar-refractivity contribution in [2.24, 2.45) is 0 Å². The molecule has 2 aromatic rings. The number of halogens is 3. The van der Waals surface area contributed by atoms with E-state index in [1.165, 1.54) is 12.1 Å². The van der Waals surface area contributed by atoms with Gasteiger partial charge in [-0.1, -0.05) is 11.6 Å². The summed E-state index contributed by atoms with van der Waals surface area (Å²) in [5.41, 5.74) is -0.856. The van der Waals surface area contributed by atoms with Crippen LogP contribution in [0.15, 0.2) is 41.3 Å². The first-order valence-electron chi connectivity index (χ1n) is 7.29. The summed E-state index contributed by atoms with van der Waals surface area (Å²) in [6, 6.07) is 6.06. The highest BCUT2D eigenvalue weighted by molar-refractivity contribution is 7.89. The number of esters is 1. The number of ether oxygens (including phenoxy) is 1. The van der Waals surface area contributed by atoms with Crippen LogP contribution in [-0.4, -0.2) is 33.9 Å². The second-order valence-electron chi connectivity index (χ2n) is 5.10. The molecular weight excluding hydrogens is 406 g/mol. The van der Waals surface area contributed by atoms with Crippen molar-refractivity contribution in [3.05, 3.63) is 58.6 Å². The van der Waals surface area contributed by atoms with Gasteiger partial charge in [-0.2, -0.15) is 0 Å². The van der Waals surface area contributed by atoms with E-state index in [9.17, 15) is 26.8 Å². The second-order valence-corrected chi connectivity index (χ2v) is 7.42. The van der Waals surface area contributed by atoms with Crippen molar-refractivity contribution >= 4 is 39.2 Å². The predicted molar refractivity (Wildman–Crippen MR) is 93.0 cm³/mol. The molecule has 0 saturated carbocycles. The van der Waals surface area contributed by atoms with Crippen LogP contribution in [0.4, 0.5) is 14.5 Å². The Morgan fingerprint density at radius 2 is 1.81 bits per heavy atom. The third-order valence-electron chi connectivity index (χ3n) is 3.28. The highest BCUT2D eigenvalue weighted by atomic mass is 35.5. The Hall–Kier alpha value is -2.56. The molecular formula is C16H13ClF2N2O5S. The number of sulfonamides is 1. The van der Waals surface area contributed by atoms with E-state index >= 15 is 0 Å². The van der Waals surface area contributed by atoms with Crippen molar-refractivity contribution in [1.82, 2.24) is 4.72 Å². The van der Waals surface area contributed by atoms with Gasteiger partial charge in [0.25, 0.3) is 5.91 Å². The molecule has 0 bridgehead atoms. The molecule has 27 heavy (non-hydrogen) atoms. The molecule has 0 aromatic heterocycles. The number of anilines is 1. The number of benzene rings is 2. The third kappa shape index (κ3) is 5.22. The molecule has 0 aliphatic heterocycles. The fourth-order valence-electron chi connectivity index (χ4n) is 1.93. The van der Waals surface area contributed by atoms with Crippen molar-refractivity contribution in [2.45, 2.75) is 4.90 Å². The molecule has 1 amide bonds. The summed E-state index contributed by atoms with van der Waals surface area (Å²) in [7, 11) is -2.76. The van der Waals surface area contributed by atoms with Gasteiger partial charge in [0, 0.05) is 5.02 Å². The number of amides is 1. The molecule has 2 aromatic carbocycles. The Morgan fingerprint density at radius 3 is 2.44 bits per heavy atom. The maximum Gasteiger partial charge on any atom is 0.341 e. The van der Waals surface area contributed by atoms with Crippen LogP contribution < -0.4 is 10.0 Å². The molecule has 144 valence electrons. The molecule has 0 unspecified atom stereocenters. The minimum Gasteiger partial charge on any atom is -0.452 e. The molecule has 11 heteroatoms. The van der Waals surface area contributed by atoms with Crippen molar-refractivity contribution in [3.63, 3.8) is 0 Å². The lowest BCUT2D eigenvalue weighted by Gasteiger charge is -2.09. The van der Waals surface area contributed by atoms with E-state index in [-0.39, 0.29) is 15.6 Å².